The zero-order valence-corrected chi connectivity index (χ0v) is 35.0. The summed E-state index contributed by atoms with van der Waals surface area (Å²) >= 11 is 0. The van der Waals surface area contributed by atoms with Crippen molar-refractivity contribution in [1.82, 2.24) is 0 Å². The predicted molar refractivity (Wildman–Crippen MR) is 246 cm³/mol. The van der Waals surface area contributed by atoms with Crippen LogP contribution in [0.25, 0.3) is 43.1 Å². The first-order valence-corrected chi connectivity index (χ1v) is 22.2. The third-order valence-corrected chi connectivity index (χ3v) is 12.1. The Bertz CT molecular complexity index is 3650. The molecule has 0 aliphatic heterocycles. The maximum Gasteiger partial charge on any atom is 0.294 e. The van der Waals surface area contributed by atoms with Crippen LogP contribution in [0.1, 0.15) is 0 Å². The second-order valence-electron chi connectivity index (χ2n) is 14.4. The number of aromatic hydroxyl groups is 1. The van der Waals surface area contributed by atoms with E-state index in [-0.39, 0.29) is 44.2 Å². The lowest BCUT2D eigenvalue weighted by atomic mass is 10.1. The molecule has 0 aromatic heterocycles. The first kappa shape index (κ1) is 41.4. The van der Waals surface area contributed by atoms with Crippen LogP contribution in [0.5, 0.6) is 11.5 Å². The van der Waals surface area contributed by atoms with E-state index in [0.29, 0.717) is 27.5 Å². The Labute approximate surface area is 365 Å². The minimum atomic E-state index is -4.65. The Morgan fingerprint density at radius 1 is 0.422 bits per heavy atom. The number of hydrogen-bond acceptors (Lipinski definition) is 13. The number of nitrogens with one attached hydrogen (secondary N) is 1. The molecule has 9 aromatic rings. The summed E-state index contributed by atoms with van der Waals surface area (Å²) in [6, 6.07) is 43.8. The van der Waals surface area contributed by atoms with Crippen LogP contribution >= 0.6 is 0 Å². The van der Waals surface area contributed by atoms with Crippen molar-refractivity contribution in [3.8, 4) is 11.5 Å². The molecule has 0 heterocycles. The number of benzene rings is 9. The molecular formula is C47H33N7O8S2. The van der Waals surface area contributed by atoms with E-state index < -0.39 is 25.1 Å². The Hall–Kier alpha value is -7.96. The van der Waals surface area contributed by atoms with Gasteiger partial charge in [0.15, 0.2) is 5.75 Å². The maximum atomic E-state index is 12.3. The first-order chi connectivity index (χ1) is 30.8. The molecule has 0 saturated carbocycles. The normalized spacial score (nSPS) is 12.4. The number of phenolic OH excluding ortho intramolecular Hbond substituents is 1. The van der Waals surface area contributed by atoms with E-state index in [2.05, 4.69) is 36.0 Å². The van der Waals surface area contributed by atoms with Gasteiger partial charge in [0.05, 0.1) is 45.3 Å². The summed E-state index contributed by atoms with van der Waals surface area (Å²) in [6.07, 6.45) is 0. The number of hydrogen-bond donors (Lipinski definition) is 4. The van der Waals surface area contributed by atoms with Crippen molar-refractivity contribution in [2.75, 3.05) is 12.4 Å². The minimum absolute atomic E-state index is 0.129. The number of anilines is 2. The molecule has 0 bridgehead atoms. The zero-order chi connectivity index (χ0) is 44.6. The average Bonchev–Trinajstić information content (AvgIpc) is 3.29. The second-order valence-corrected chi connectivity index (χ2v) is 17.2. The summed E-state index contributed by atoms with van der Waals surface area (Å²) < 4.78 is 74.1. The van der Waals surface area contributed by atoms with Crippen molar-refractivity contribution in [3.63, 3.8) is 0 Å². The standard InChI is InChI=1S/C47H33N7O8S2/c1-62-32-13-10-30(11-14-32)48-31-12-17-36-29(25-31)9-20-46(47(36)55)54-53-45-24-22-43(38-19-16-34(27-40(38)45)64(59,60)61)51-52-44-23-21-42(37-18-15-33(26-39(37)44)63(56,57)58)50-49-41-8-4-6-28-5-2-3-7-35(28)41/h2-27,48,55H,1H3,(H,56,57,58)(H,59,60,61). The number of methoxy groups -OCH3 is 1. The third kappa shape index (κ3) is 8.46. The van der Waals surface area contributed by atoms with Gasteiger partial charge in [0.2, 0.25) is 0 Å². The van der Waals surface area contributed by atoms with Gasteiger partial charge in [0.1, 0.15) is 11.4 Å². The Balaban J connectivity index is 1.06. The SMILES string of the molecule is COc1ccc(Nc2ccc3c(O)c(N=Nc4ccc(N=Nc5ccc(N=Nc6cccc7ccccc67)c6ccc(S(=O)(=O)O)cc56)c5ccc(S(=O)(=O)O)cc45)ccc3c2)cc1. The Morgan fingerprint density at radius 2 is 0.891 bits per heavy atom. The summed E-state index contributed by atoms with van der Waals surface area (Å²) in [4.78, 5) is -0.781. The van der Waals surface area contributed by atoms with E-state index in [9.17, 15) is 31.0 Å². The summed E-state index contributed by atoms with van der Waals surface area (Å²) in [5, 5.41) is 45.6. The van der Waals surface area contributed by atoms with Crippen LogP contribution in [-0.2, 0) is 20.2 Å². The van der Waals surface area contributed by atoms with E-state index in [1.807, 2.05) is 78.9 Å². The fraction of sp³-hybridized carbons (Fsp3) is 0.0213. The molecule has 9 rings (SSSR count). The third-order valence-electron chi connectivity index (χ3n) is 10.4. The van der Waals surface area contributed by atoms with Crippen LogP contribution in [0.4, 0.5) is 45.5 Å². The van der Waals surface area contributed by atoms with Crippen LogP contribution < -0.4 is 10.1 Å². The molecule has 0 fully saturated rings. The lowest BCUT2D eigenvalue weighted by Gasteiger charge is -2.10. The fourth-order valence-corrected chi connectivity index (χ4v) is 8.20. The zero-order valence-electron chi connectivity index (χ0n) is 33.4. The monoisotopic (exact) mass is 887 g/mol. The molecule has 4 N–H and O–H groups in total. The highest BCUT2D eigenvalue weighted by Gasteiger charge is 2.17. The highest BCUT2D eigenvalue weighted by Crippen LogP contribution is 2.42. The van der Waals surface area contributed by atoms with Crippen molar-refractivity contribution in [2.45, 2.75) is 9.79 Å². The van der Waals surface area contributed by atoms with Crippen molar-refractivity contribution in [3.05, 3.63) is 158 Å². The smallest absolute Gasteiger partial charge is 0.294 e. The van der Waals surface area contributed by atoms with Crippen LogP contribution in [0.2, 0.25) is 0 Å². The molecule has 316 valence electrons. The lowest BCUT2D eigenvalue weighted by Crippen LogP contribution is -1.97. The number of fused-ring (bicyclic) bond motifs is 4. The van der Waals surface area contributed by atoms with Crippen LogP contribution in [0.3, 0.4) is 0 Å². The van der Waals surface area contributed by atoms with E-state index in [0.717, 1.165) is 33.3 Å². The predicted octanol–water partition coefficient (Wildman–Crippen LogP) is 13.5. The molecule has 15 nitrogen and oxygen atoms in total. The highest BCUT2D eigenvalue weighted by molar-refractivity contribution is 7.86. The van der Waals surface area contributed by atoms with Crippen LogP contribution in [-0.4, -0.2) is 38.2 Å². The van der Waals surface area contributed by atoms with E-state index in [1.165, 1.54) is 42.5 Å². The van der Waals surface area contributed by atoms with Crippen LogP contribution in [0, 0.1) is 0 Å². The van der Waals surface area contributed by atoms with Gasteiger partial charge >= 0.3 is 0 Å². The van der Waals surface area contributed by atoms with E-state index in [1.54, 1.807) is 43.5 Å². The Morgan fingerprint density at radius 3 is 1.45 bits per heavy atom. The number of nitrogens with zero attached hydrogens (tertiary/aromatic N) is 6. The molecule has 0 aliphatic rings. The molecule has 0 spiro atoms. The molecule has 0 saturated heterocycles. The minimum Gasteiger partial charge on any atom is -0.505 e. The molecule has 0 atom stereocenters. The first-order valence-electron chi connectivity index (χ1n) is 19.3. The van der Waals surface area contributed by atoms with Crippen molar-refractivity contribution >= 4 is 109 Å². The van der Waals surface area contributed by atoms with Gasteiger partial charge in [-0.1, -0.05) is 54.6 Å². The highest BCUT2D eigenvalue weighted by atomic mass is 32.2. The van der Waals surface area contributed by atoms with Crippen LogP contribution in [0.15, 0.2) is 198 Å². The molecule has 17 heteroatoms. The molecule has 0 unspecified atom stereocenters. The van der Waals surface area contributed by atoms with Crippen molar-refractivity contribution in [1.29, 1.82) is 0 Å². The summed E-state index contributed by atoms with van der Waals surface area (Å²) in [5.74, 6) is 0.603. The second kappa shape index (κ2) is 16.7. The van der Waals surface area contributed by atoms with Gasteiger partial charge in [-0.2, -0.15) is 16.8 Å². The van der Waals surface area contributed by atoms with Gasteiger partial charge in [-0.25, -0.2) is 0 Å². The molecule has 64 heavy (non-hydrogen) atoms. The quantitative estimate of drug-likeness (QED) is 0.0715. The molecule has 0 amide bonds. The van der Waals surface area contributed by atoms with Crippen molar-refractivity contribution in [2.24, 2.45) is 30.7 Å². The fourth-order valence-electron chi connectivity index (χ4n) is 7.18. The summed E-state index contributed by atoms with van der Waals surface area (Å²) in [5.41, 5.74) is 3.44. The Kier molecular flexibility index (Phi) is 10.8. The van der Waals surface area contributed by atoms with E-state index in [4.69, 9.17) is 4.74 Å². The summed E-state index contributed by atoms with van der Waals surface area (Å²) in [6.45, 7) is 0. The summed E-state index contributed by atoms with van der Waals surface area (Å²) in [7, 11) is -7.66. The number of azo groups is 3. The van der Waals surface area contributed by atoms with Gasteiger partial charge in [-0.3, -0.25) is 9.11 Å². The maximum absolute atomic E-state index is 12.3. The molecule has 0 radical (unpaired) electrons. The van der Waals surface area contributed by atoms with Gasteiger partial charge in [-0.15, -0.1) is 30.7 Å². The molecule has 0 aliphatic carbocycles. The number of rotatable bonds is 11. The molecule has 9 aromatic carbocycles. The van der Waals surface area contributed by atoms with E-state index >= 15 is 0 Å². The topological polar surface area (TPSA) is 224 Å². The van der Waals surface area contributed by atoms with Gasteiger partial charge < -0.3 is 15.2 Å². The number of ether oxygens (including phenoxy) is 1. The lowest BCUT2D eigenvalue weighted by molar-refractivity contribution is 0.415. The molecular weight excluding hydrogens is 855 g/mol. The van der Waals surface area contributed by atoms with Gasteiger partial charge in [0, 0.05) is 43.7 Å². The average molecular weight is 888 g/mol. The van der Waals surface area contributed by atoms with Crippen molar-refractivity contribution < 1.29 is 35.8 Å². The van der Waals surface area contributed by atoms with Gasteiger partial charge in [-0.05, 0) is 114 Å². The van der Waals surface area contributed by atoms with Gasteiger partial charge in [0.25, 0.3) is 20.2 Å². The largest absolute Gasteiger partial charge is 0.505 e. The number of phenols is 1.